The van der Waals surface area contributed by atoms with E-state index in [1.807, 2.05) is 0 Å². The van der Waals surface area contributed by atoms with E-state index in [0.29, 0.717) is 6.04 Å². The molecule has 1 unspecified atom stereocenters. The summed E-state index contributed by atoms with van der Waals surface area (Å²) in [5.41, 5.74) is 1.41. The van der Waals surface area contributed by atoms with Gasteiger partial charge < -0.3 is 5.32 Å². The van der Waals surface area contributed by atoms with Crippen molar-refractivity contribution in [3.05, 3.63) is 34.3 Å². The Kier molecular flexibility index (Phi) is 7.54. The fraction of sp³-hybridized carbons (Fsp3) is 0.600. The Morgan fingerprint density at radius 1 is 1.18 bits per heavy atom. The van der Waals surface area contributed by atoms with Crippen LogP contribution in [0.5, 0.6) is 0 Å². The van der Waals surface area contributed by atoms with E-state index in [-0.39, 0.29) is 0 Å². The third-order valence-electron chi connectivity index (χ3n) is 3.07. The lowest BCUT2D eigenvalue weighted by Gasteiger charge is -2.18. The highest BCUT2D eigenvalue weighted by Gasteiger charge is 2.09. The van der Waals surface area contributed by atoms with Crippen LogP contribution in [0.1, 0.15) is 45.1 Å². The summed E-state index contributed by atoms with van der Waals surface area (Å²) < 4.78 is 1.23. The van der Waals surface area contributed by atoms with E-state index in [1.54, 1.807) is 0 Å². The number of nitrogens with one attached hydrogen (secondary N) is 1. The highest BCUT2D eigenvalue weighted by molar-refractivity contribution is 9.10. The van der Waals surface area contributed by atoms with Gasteiger partial charge in [0.2, 0.25) is 0 Å². The van der Waals surface area contributed by atoms with Gasteiger partial charge in [-0.1, -0.05) is 67.2 Å². The van der Waals surface area contributed by atoms with Crippen LogP contribution < -0.4 is 5.32 Å². The zero-order valence-electron chi connectivity index (χ0n) is 11.0. The summed E-state index contributed by atoms with van der Waals surface area (Å²) >= 11 is 3.63. The lowest BCUT2D eigenvalue weighted by molar-refractivity contribution is 0.466. The lowest BCUT2D eigenvalue weighted by Crippen LogP contribution is -2.31. The summed E-state index contributed by atoms with van der Waals surface area (Å²) in [6, 6.07) is 9.16. The van der Waals surface area contributed by atoms with Gasteiger partial charge in [0.05, 0.1) is 0 Å². The van der Waals surface area contributed by atoms with E-state index in [4.69, 9.17) is 0 Å². The molecule has 0 bridgehead atoms. The van der Waals surface area contributed by atoms with Gasteiger partial charge in [-0.05, 0) is 31.0 Å². The Morgan fingerprint density at radius 2 is 1.94 bits per heavy atom. The van der Waals surface area contributed by atoms with E-state index in [0.717, 1.165) is 13.0 Å². The van der Waals surface area contributed by atoms with Crippen molar-refractivity contribution in [2.45, 2.75) is 52.0 Å². The molecule has 0 aliphatic rings. The second-order valence-electron chi connectivity index (χ2n) is 4.55. The topological polar surface area (TPSA) is 12.0 Å². The Bertz CT molecular complexity index is 312. The zero-order chi connectivity index (χ0) is 12.5. The smallest absolute Gasteiger partial charge is 0.0207 e. The van der Waals surface area contributed by atoms with Crippen LogP contribution >= 0.6 is 15.9 Å². The van der Waals surface area contributed by atoms with Crippen LogP contribution in [0.4, 0.5) is 0 Å². The molecule has 0 aliphatic carbocycles. The summed E-state index contributed by atoms with van der Waals surface area (Å²) in [6.45, 7) is 5.50. The highest BCUT2D eigenvalue weighted by Crippen LogP contribution is 2.19. The van der Waals surface area contributed by atoms with Crippen molar-refractivity contribution in [3.63, 3.8) is 0 Å². The van der Waals surface area contributed by atoms with Crippen molar-refractivity contribution in [1.82, 2.24) is 5.32 Å². The first-order chi connectivity index (χ1) is 8.27. The predicted octanol–water partition coefficient (Wildman–Crippen LogP) is 4.55. The summed E-state index contributed by atoms with van der Waals surface area (Å²) in [5, 5.41) is 3.60. The van der Waals surface area contributed by atoms with Crippen LogP contribution in [0.15, 0.2) is 28.7 Å². The Labute approximate surface area is 114 Å². The fourth-order valence-corrected chi connectivity index (χ4v) is 2.58. The van der Waals surface area contributed by atoms with E-state index < -0.39 is 0 Å². The molecule has 0 spiro atoms. The summed E-state index contributed by atoms with van der Waals surface area (Å²) in [5.74, 6) is 0. The van der Waals surface area contributed by atoms with Crippen LogP contribution in [-0.4, -0.2) is 12.6 Å². The van der Waals surface area contributed by atoms with Crippen LogP contribution in [0.2, 0.25) is 0 Å². The predicted molar refractivity (Wildman–Crippen MR) is 79.5 cm³/mol. The monoisotopic (exact) mass is 297 g/mol. The van der Waals surface area contributed by atoms with E-state index in [1.165, 1.54) is 35.7 Å². The minimum absolute atomic E-state index is 0.616. The molecular formula is C15H24BrN. The maximum absolute atomic E-state index is 3.63. The molecule has 0 heterocycles. The van der Waals surface area contributed by atoms with E-state index in [9.17, 15) is 0 Å². The summed E-state index contributed by atoms with van der Waals surface area (Å²) in [6.07, 6.45) is 6.38. The van der Waals surface area contributed by atoms with Crippen LogP contribution in [0.25, 0.3) is 0 Å². The SMILES string of the molecule is CCCCCC(Cc1ccccc1Br)NCC. The molecule has 0 saturated carbocycles. The summed E-state index contributed by atoms with van der Waals surface area (Å²) in [4.78, 5) is 0. The Balaban J connectivity index is 2.50. The minimum atomic E-state index is 0.616. The van der Waals surface area contributed by atoms with Gasteiger partial charge in [-0.3, -0.25) is 0 Å². The molecule has 96 valence electrons. The molecule has 1 N–H and O–H groups in total. The molecule has 2 heteroatoms. The molecule has 1 nitrogen and oxygen atoms in total. The normalized spacial score (nSPS) is 12.6. The first-order valence-electron chi connectivity index (χ1n) is 6.74. The molecule has 0 saturated heterocycles. The van der Waals surface area contributed by atoms with Crippen molar-refractivity contribution < 1.29 is 0 Å². The van der Waals surface area contributed by atoms with Crippen molar-refractivity contribution in [3.8, 4) is 0 Å². The van der Waals surface area contributed by atoms with Gasteiger partial charge in [-0.2, -0.15) is 0 Å². The molecule has 1 rings (SSSR count). The molecule has 0 aromatic heterocycles. The van der Waals surface area contributed by atoms with Crippen molar-refractivity contribution in [2.24, 2.45) is 0 Å². The quantitative estimate of drug-likeness (QED) is 0.694. The largest absolute Gasteiger partial charge is 0.314 e. The number of likely N-dealkylation sites (N-methyl/N-ethyl adjacent to an activating group) is 1. The average Bonchev–Trinajstić information content (AvgIpc) is 2.32. The molecule has 1 aromatic carbocycles. The van der Waals surface area contributed by atoms with Gasteiger partial charge in [-0.15, -0.1) is 0 Å². The highest BCUT2D eigenvalue weighted by atomic mass is 79.9. The average molecular weight is 298 g/mol. The maximum Gasteiger partial charge on any atom is 0.0207 e. The molecule has 0 fully saturated rings. The van der Waals surface area contributed by atoms with Crippen LogP contribution in [-0.2, 0) is 6.42 Å². The molecule has 1 atom stereocenters. The minimum Gasteiger partial charge on any atom is -0.314 e. The molecule has 17 heavy (non-hydrogen) atoms. The Hall–Kier alpha value is -0.340. The standard InChI is InChI=1S/C15H24BrN/c1-3-5-6-10-14(17-4-2)12-13-9-7-8-11-15(13)16/h7-9,11,14,17H,3-6,10,12H2,1-2H3. The van der Waals surface area contributed by atoms with Gasteiger partial charge in [0.15, 0.2) is 0 Å². The Morgan fingerprint density at radius 3 is 2.59 bits per heavy atom. The van der Waals surface area contributed by atoms with Gasteiger partial charge >= 0.3 is 0 Å². The van der Waals surface area contributed by atoms with Crippen molar-refractivity contribution in [2.75, 3.05) is 6.54 Å². The molecule has 0 amide bonds. The second kappa shape index (κ2) is 8.71. The fourth-order valence-electron chi connectivity index (χ4n) is 2.14. The van der Waals surface area contributed by atoms with Crippen molar-refractivity contribution in [1.29, 1.82) is 0 Å². The zero-order valence-corrected chi connectivity index (χ0v) is 12.6. The molecular weight excluding hydrogens is 274 g/mol. The number of hydrogen-bond acceptors (Lipinski definition) is 1. The maximum atomic E-state index is 3.63. The second-order valence-corrected chi connectivity index (χ2v) is 5.40. The van der Waals surface area contributed by atoms with Gasteiger partial charge in [-0.25, -0.2) is 0 Å². The number of unbranched alkanes of at least 4 members (excludes halogenated alkanes) is 2. The van der Waals surface area contributed by atoms with E-state index >= 15 is 0 Å². The van der Waals surface area contributed by atoms with Gasteiger partial charge in [0, 0.05) is 10.5 Å². The number of halogens is 1. The third-order valence-corrected chi connectivity index (χ3v) is 3.85. The number of hydrogen-bond donors (Lipinski definition) is 1. The molecule has 0 radical (unpaired) electrons. The van der Waals surface area contributed by atoms with Gasteiger partial charge in [0.1, 0.15) is 0 Å². The summed E-state index contributed by atoms with van der Waals surface area (Å²) in [7, 11) is 0. The molecule has 1 aromatic rings. The van der Waals surface area contributed by atoms with Crippen LogP contribution in [0.3, 0.4) is 0 Å². The van der Waals surface area contributed by atoms with Gasteiger partial charge in [0.25, 0.3) is 0 Å². The first kappa shape index (κ1) is 14.7. The third kappa shape index (κ3) is 5.69. The first-order valence-corrected chi connectivity index (χ1v) is 7.54. The molecule has 0 aliphatic heterocycles. The van der Waals surface area contributed by atoms with Crippen molar-refractivity contribution >= 4 is 15.9 Å². The van der Waals surface area contributed by atoms with Crippen LogP contribution in [0, 0.1) is 0 Å². The number of rotatable bonds is 8. The number of benzene rings is 1. The van der Waals surface area contributed by atoms with E-state index in [2.05, 4.69) is 59.4 Å². The lowest BCUT2D eigenvalue weighted by atomic mass is 10.0.